The van der Waals surface area contributed by atoms with Gasteiger partial charge in [-0.3, -0.25) is 0 Å². The fourth-order valence-corrected chi connectivity index (χ4v) is 1.61. The van der Waals surface area contributed by atoms with Crippen molar-refractivity contribution in [2.45, 2.75) is 6.92 Å². The molecule has 0 saturated heterocycles. The fourth-order valence-electron chi connectivity index (χ4n) is 1.61. The Morgan fingerprint density at radius 1 is 1.19 bits per heavy atom. The molecule has 0 radical (unpaired) electrons. The third kappa shape index (κ3) is 1.58. The molecule has 16 heavy (non-hydrogen) atoms. The first kappa shape index (κ1) is 10.4. The quantitative estimate of drug-likeness (QED) is 0.841. The molecule has 0 saturated carbocycles. The lowest BCUT2D eigenvalue weighted by atomic mass is 10.1. The van der Waals surface area contributed by atoms with Crippen molar-refractivity contribution in [2.24, 2.45) is 0 Å². The van der Waals surface area contributed by atoms with Crippen molar-refractivity contribution in [1.29, 1.82) is 0 Å². The minimum Gasteiger partial charge on any atom is -0.496 e. The van der Waals surface area contributed by atoms with Gasteiger partial charge in [0, 0.05) is 5.56 Å². The summed E-state index contributed by atoms with van der Waals surface area (Å²) in [6, 6.07) is 3.69. The molecule has 1 aromatic carbocycles. The van der Waals surface area contributed by atoms with Gasteiger partial charge in [0.15, 0.2) is 0 Å². The number of aromatic nitrogens is 4. The number of tetrazole rings is 1. The number of nitrogens with one attached hydrogen (secondary N) is 1. The molecule has 1 heterocycles. The molecule has 0 atom stereocenters. The molecule has 1 aromatic heterocycles. The lowest BCUT2D eigenvalue weighted by Crippen LogP contribution is -1.96. The highest BCUT2D eigenvalue weighted by molar-refractivity contribution is 5.68. The van der Waals surface area contributed by atoms with E-state index in [2.05, 4.69) is 20.6 Å². The number of nitrogens with zero attached hydrogens (tertiary/aromatic N) is 3. The minimum absolute atomic E-state index is 0.502. The van der Waals surface area contributed by atoms with E-state index in [9.17, 15) is 0 Å². The van der Waals surface area contributed by atoms with Crippen molar-refractivity contribution in [3.8, 4) is 22.9 Å². The van der Waals surface area contributed by atoms with Crippen LogP contribution in [0.25, 0.3) is 11.4 Å². The van der Waals surface area contributed by atoms with Crippen LogP contribution in [0.15, 0.2) is 12.1 Å². The molecule has 2 rings (SSSR count). The lowest BCUT2D eigenvalue weighted by molar-refractivity contribution is 0.389. The summed E-state index contributed by atoms with van der Waals surface area (Å²) in [6.45, 7) is 1.92. The average molecular weight is 220 g/mol. The molecule has 0 bridgehead atoms. The number of rotatable bonds is 3. The van der Waals surface area contributed by atoms with Crippen LogP contribution in [-0.2, 0) is 0 Å². The highest BCUT2D eigenvalue weighted by Gasteiger charge is 2.15. The lowest BCUT2D eigenvalue weighted by Gasteiger charge is -2.12. The molecule has 0 spiro atoms. The zero-order chi connectivity index (χ0) is 11.5. The molecular formula is C10H12N4O2. The van der Waals surface area contributed by atoms with Crippen LogP contribution >= 0.6 is 0 Å². The summed E-state index contributed by atoms with van der Waals surface area (Å²) in [5.74, 6) is 1.97. The maximum atomic E-state index is 5.34. The van der Waals surface area contributed by atoms with Gasteiger partial charge in [0.1, 0.15) is 11.5 Å². The number of hydrogen-bond donors (Lipinski definition) is 1. The van der Waals surface area contributed by atoms with Gasteiger partial charge >= 0.3 is 0 Å². The van der Waals surface area contributed by atoms with Gasteiger partial charge in [-0.05, 0) is 24.3 Å². The van der Waals surface area contributed by atoms with Crippen LogP contribution in [-0.4, -0.2) is 34.8 Å². The van der Waals surface area contributed by atoms with Crippen molar-refractivity contribution < 1.29 is 9.47 Å². The predicted octanol–water partition coefficient (Wildman–Crippen LogP) is 1.19. The van der Waals surface area contributed by atoms with Crippen molar-refractivity contribution >= 4 is 0 Å². The molecule has 0 amide bonds. The van der Waals surface area contributed by atoms with Crippen LogP contribution < -0.4 is 9.47 Å². The molecule has 6 nitrogen and oxygen atoms in total. The Bertz CT molecular complexity index is 482. The first-order valence-electron chi connectivity index (χ1n) is 4.73. The van der Waals surface area contributed by atoms with E-state index < -0.39 is 0 Å². The van der Waals surface area contributed by atoms with E-state index in [-0.39, 0.29) is 0 Å². The van der Waals surface area contributed by atoms with Gasteiger partial charge in [0.25, 0.3) is 0 Å². The van der Waals surface area contributed by atoms with Crippen molar-refractivity contribution in [3.05, 3.63) is 17.7 Å². The van der Waals surface area contributed by atoms with E-state index in [0.29, 0.717) is 11.6 Å². The summed E-state index contributed by atoms with van der Waals surface area (Å²) in [5, 5.41) is 13.8. The third-order valence-corrected chi connectivity index (χ3v) is 2.37. The van der Waals surface area contributed by atoms with E-state index in [1.165, 1.54) is 0 Å². The van der Waals surface area contributed by atoms with E-state index >= 15 is 0 Å². The summed E-state index contributed by atoms with van der Waals surface area (Å²) in [5.41, 5.74) is 1.70. The summed E-state index contributed by atoms with van der Waals surface area (Å²) in [6.07, 6.45) is 0. The first-order chi connectivity index (χ1) is 7.77. The van der Waals surface area contributed by atoms with Crippen LogP contribution in [0.4, 0.5) is 0 Å². The second-order valence-corrected chi connectivity index (χ2v) is 3.21. The van der Waals surface area contributed by atoms with Crippen LogP contribution in [0.5, 0.6) is 11.5 Å². The molecule has 0 aliphatic heterocycles. The monoisotopic (exact) mass is 220 g/mol. The Morgan fingerprint density at radius 3 is 2.56 bits per heavy atom. The minimum atomic E-state index is 0.502. The largest absolute Gasteiger partial charge is 0.496 e. The highest BCUT2D eigenvalue weighted by atomic mass is 16.5. The molecular weight excluding hydrogens is 208 g/mol. The van der Waals surface area contributed by atoms with Crippen LogP contribution in [0.3, 0.4) is 0 Å². The SMILES string of the molecule is COc1ccc(-c2nn[nH]n2)c(OC)c1C. The number of H-pyrrole nitrogens is 1. The Labute approximate surface area is 92.6 Å². The predicted molar refractivity (Wildman–Crippen MR) is 57.5 cm³/mol. The van der Waals surface area contributed by atoms with Crippen molar-refractivity contribution in [3.63, 3.8) is 0 Å². The molecule has 1 N–H and O–H groups in total. The number of aromatic amines is 1. The second kappa shape index (κ2) is 4.18. The molecule has 0 unspecified atom stereocenters. The zero-order valence-corrected chi connectivity index (χ0v) is 9.31. The second-order valence-electron chi connectivity index (χ2n) is 3.21. The van der Waals surface area contributed by atoms with Crippen LogP contribution in [0.2, 0.25) is 0 Å². The summed E-state index contributed by atoms with van der Waals surface area (Å²) in [4.78, 5) is 0. The van der Waals surface area contributed by atoms with Gasteiger partial charge in [0.05, 0.1) is 19.8 Å². The van der Waals surface area contributed by atoms with Crippen molar-refractivity contribution in [2.75, 3.05) is 14.2 Å². The van der Waals surface area contributed by atoms with Gasteiger partial charge in [0.2, 0.25) is 5.82 Å². The Kier molecular flexibility index (Phi) is 2.72. The first-order valence-corrected chi connectivity index (χ1v) is 4.73. The van der Waals surface area contributed by atoms with Gasteiger partial charge < -0.3 is 9.47 Å². The number of ether oxygens (including phenoxy) is 2. The van der Waals surface area contributed by atoms with E-state index in [4.69, 9.17) is 9.47 Å². The zero-order valence-electron chi connectivity index (χ0n) is 9.31. The summed E-state index contributed by atoms with van der Waals surface area (Å²) in [7, 11) is 3.22. The Morgan fingerprint density at radius 2 is 2.00 bits per heavy atom. The number of methoxy groups -OCH3 is 2. The highest BCUT2D eigenvalue weighted by Crippen LogP contribution is 2.35. The maximum absolute atomic E-state index is 5.34. The Hall–Kier alpha value is -2.11. The molecule has 0 aliphatic carbocycles. The van der Waals surface area contributed by atoms with Crippen LogP contribution in [0.1, 0.15) is 5.56 Å². The van der Waals surface area contributed by atoms with Gasteiger partial charge in [-0.1, -0.05) is 0 Å². The van der Waals surface area contributed by atoms with Gasteiger partial charge in [-0.2, -0.15) is 5.21 Å². The Balaban J connectivity index is 2.59. The summed E-state index contributed by atoms with van der Waals surface area (Å²) < 4.78 is 10.6. The average Bonchev–Trinajstić information content (AvgIpc) is 2.82. The molecule has 0 aliphatic rings. The number of hydrogen-bond acceptors (Lipinski definition) is 5. The molecule has 0 fully saturated rings. The molecule has 84 valence electrons. The van der Waals surface area contributed by atoms with E-state index in [1.807, 2.05) is 19.1 Å². The standard InChI is InChI=1S/C10H12N4O2/c1-6-8(15-2)5-4-7(9(6)16-3)10-11-13-14-12-10/h4-5H,1-3H3,(H,11,12,13,14). The number of benzene rings is 1. The van der Waals surface area contributed by atoms with E-state index in [1.54, 1.807) is 14.2 Å². The third-order valence-electron chi connectivity index (χ3n) is 2.37. The topological polar surface area (TPSA) is 72.9 Å². The van der Waals surface area contributed by atoms with Gasteiger partial charge in [-0.15, -0.1) is 10.2 Å². The maximum Gasteiger partial charge on any atom is 0.208 e. The molecule has 6 heteroatoms. The molecule has 2 aromatic rings. The fraction of sp³-hybridized carbons (Fsp3) is 0.300. The van der Waals surface area contributed by atoms with Crippen molar-refractivity contribution in [1.82, 2.24) is 20.6 Å². The normalized spacial score (nSPS) is 10.2. The van der Waals surface area contributed by atoms with Crippen LogP contribution in [0, 0.1) is 6.92 Å². The van der Waals surface area contributed by atoms with Gasteiger partial charge in [-0.25, -0.2) is 0 Å². The van der Waals surface area contributed by atoms with E-state index in [0.717, 1.165) is 16.9 Å². The smallest absolute Gasteiger partial charge is 0.208 e. The summed E-state index contributed by atoms with van der Waals surface area (Å²) >= 11 is 0.